The van der Waals surface area contributed by atoms with Gasteiger partial charge in [0.05, 0.1) is 9.82 Å². The minimum Gasteiger partial charge on any atom is -0.440 e. The lowest BCUT2D eigenvalue weighted by Crippen LogP contribution is -2.11. The summed E-state index contributed by atoms with van der Waals surface area (Å²) < 4.78 is 28.3. The predicted octanol–water partition coefficient (Wildman–Crippen LogP) is 2.87. The van der Waals surface area contributed by atoms with Crippen LogP contribution in [0.15, 0.2) is 57.8 Å². The van der Waals surface area contributed by atoms with Crippen molar-refractivity contribution < 1.29 is 17.8 Å². The van der Waals surface area contributed by atoms with Crippen molar-refractivity contribution in [2.45, 2.75) is 11.8 Å². The number of nitrogens with zero attached hydrogens (tertiary/aromatic N) is 2. The molecular weight excluding hydrogens is 346 g/mol. The van der Waals surface area contributed by atoms with Crippen LogP contribution < -0.4 is 5.14 Å². The molecule has 9 heteroatoms. The smallest absolute Gasteiger partial charge is 0.269 e. The van der Waals surface area contributed by atoms with Gasteiger partial charge < -0.3 is 4.42 Å². The van der Waals surface area contributed by atoms with Crippen LogP contribution in [-0.2, 0) is 10.0 Å². The second kappa shape index (κ2) is 6.11. The van der Waals surface area contributed by atoms with Gasteiger partial charge in [0, 0.05) is 30.2 Å². The molecule has 0 fully saturated rings. The van der Waals surface area contributed by atoms with Crippen LogP contribution in [0, 0.1) is 17.0 Å². The molecule has 0 radical (unpaired) electrons. The van der Waals surface area contributed by atoms with E-state index in [4.69, 9.17) is 9.56 Å². The van der Waals surface area contributed by atoms with Crippen LogP contribution >= 0.6 is 0 Å². The summed E-state index contributed by atoms with van der Waals surface area (Å²) in [5, 5.41) is 15.9. The molecule has 0 aliphatic rings. The summed E-state index contributed by atoms with van der Waals surface area (Å²) in [7, 11) is -3.78. The maximum Gasteiger partial charge on any atom is 0.269 e. The molecule has 2 N–H and O–H groups in total. The van der Waals surface area contributed by atoms with E-state index in [1.54, 1.807) is 31.2 Å². The highest BCUT2D eigenvalue weighted by Gasteiger charge is 2.17. The molecule has 3 aromatic rings. The quantitative estimate of drug-likeness (QED) is 0.563. The average Bonchev–Trinajstić information content (AvgIpc) is 2.96. The number of hydrogen-bond donors (Lipinski definition) is 1. The Kier molecular flexibility index (Phi) is 4.11. The van der Waals surface area contributed by atoms with Gasteiger partial charge >= 0.3 is 0 Å². The summed E-state index contributed by atoms with van der Waals surface area (Å²) in [6.07, 6.45) is 0. The fourth-order valence-corrected chi connectivity index (χ4v) is 2.87. The van der Waals surface area contributed by atoms with Crippen LogP contribution in [0.25, 0.3) is 22.6 Å². The number of nitro groups is 1. The van der Waals surface area contributed by atoms with Crippen molar-refractivity contribution >= 4 is 15.7 Å². The molecule has 3 rings (SSSR count). The third-order valence-electron chi connectivity index (χ3n) is 3.53. The van der Waals surface area contributed by atoms with Gasteiger partial charge in [-0.1, -0.05) is 0 Å². The zero-order valence-electron chi connectivity index (χ0n) is 13.0. The summed E-state index contributed by atoms with van der Waals surface area (Å²) in [4.78, 5) is 14.6. The highest BCUT2D eigenvalue weighted by atomic mass is 32.2. The number of primary sulfonamides is 1. The van der Waals surface area contributed by atoms with Crippen molar-refractivity contribution in [2.24, 2.45) is 5.14 Å². The van der Waals surface area contributed by atoms with Gasteiger partial charge in [-0.15, -0.1) is 0 Å². The molecule has 0 saturated carbocycles. The van der Waals surface area contributed by atoms with Crippen LogP contribution in [0.3, 0.4) is 0 Å². The fourth-order valence-electron chi connectivity index (χ4n) is 2.36. The van der Waals surface area contributed by atoms with Crippen molar-refractivity contribution in [3.05, 3.63) is 64.5 Å². The summed E-state index contributed by atoms with van der Waals surface area (Å²) in [5.74, 6) is 0.853. The van der Waals surface area contributed by atoms with E-state index in [9.17, 15) is 18.5 Å². The number of aromatic nitrogens is 1. The van der Waals surface area contributed by atoms with Crippen molar-refractivity contribution in [1.82, 2.24) is 4.98 Å². The highest BCUT2D eigenvalue weighted by Crippen LogP contribution is 2.33. The van der Waals surface area contributed by atoms with Gasteiger partial charge in [-0.05, 0) is 36.4 Å². The molecule has 0 unspecified atom stereocenters. The molecular formula is C16H13N3O5S. The van der Waals surface area contributed by atoms with Crippen molar-refractivity contribution in [1.29, 1.82) is 0 Å². The Morgan fingerprint density at radius 3 is 2.12 bits per heavy atom. The van der Waals surface area contributed by atoms with E-state index in [0.29, 0.717) is 28.5 Å². The zero-order chi connectivity index (χ0) is 18.2. The van der Waals surface area contributed by atoms with Crippen molar-refractivity contribution in [3.63, 3.8) is 0 Å². The Hall–Kier alpha value is -3.04. The van der Waals surface area contributed by atoms with Gasteiger partial charge in [0.25, 0.3) is 5.69 Å². The standard InChI is InChI=1S/C16H13N3O5S/c1-10-18-15(11-2-6-13(7-3-11)19(20)21)16(24-10)12-4-8-14(9-5-12)25(17,22)23/h2-9H,1H3,(H2,17,22,23). The number of nitrogens with two attached hydrogens (primary N) is 1. The van der Waals surface area contributed by atoms with Gasteiger partial charge in [-0.3, -0.25) is 10.1 Å². The molecule has 2 aromatic carbocycles. The molecule has 8 nitrogen and oxygen atoms in total. The first-order valence-corrected chi connectivity index (χ1v) is 8.66. The number of oxazole rings is 1. The Labute approximate surface area is 143 Å². The molecule has 1 heterocycles. The second-order valence-electron chi connectivity index (χ2n) is 5.28. The molecule has 0 bridgehead atoms. The first-order valence-electron chi connectivity index (χ1n) is 7.11. The maximum atomic E-state index is 11.3. The van der Waals surface area contributed by atoms with Crippen LogP contribution in [0.4, 0.5) is 5.69 Å². The molecule has 25 heavy (non-hydrogen) atoms. The predicted molar refractivity (Wildman–Crippen MR) is 90.1 cm³/mol. The van der Waals surface area contributed by atoms with Gasteiger partial charge in [0.15, 0.2) is 11.7 Å². The molecule has 0 aliphatic heterocycles. The SMILES string of the molecule is Cc1nc(-c2ccc([N+](=O)[O-])cc2)c(-c2ccc(S(N)(=O)=O)cc2)o1. The van der Waals surface area contributed by atoms with Crippen LogP contribution in [0.1, 0.15) is 5.89 Å². The largest absolute Gasteiger partial charge is 0.440 e. The number of hydrogen-bond acceptors (Lipinski definition) is 6. The van der Waals surface area contributed by atoms with E-state index in [0.717, 1.165) is 0 Å². The molecule has 128 valence electrons. The van der Waals surface area contributed by atoms with E-state index in [-0.39, 0.29) is 10.6 Å². The number of sulfonamides is 1. The van der Waals surface area contributed by atoms with E-state index >= 15 is 0 Å². The molecule has 0 atom stereocenters. The topological polar surface area (TPSA) is 129 Å². The van der Waals surface area contributed by atoms with E-state index in [1.165, 1.54) is 24.3 Å². The van der Waals surface area contributed by atoms with E-state index in [1.807, 2.05) is 0 Å². The Morgan fingerprint density at radius 2 is 1.60 bits per heavy atom. The maximum absolute atomic E-state index is 11.3. The second-order valence-corrected chi connectivity index (χ2v) is 6.85. The number of nitro benzene ring substituents is 1. The lowest BCUT2D eigenvalue weighted by atomic mass is 10.1. The highest BCUT2D eigenvalue weighted by molar-refractivity contribution is 7.89. The number of benzene rings is 2. The number of rotatable bonds is 4. The first kappa shape index (κ1) is 16.8. The van der Waals surface area contributed by atoms with E-state index in [2.05, 4.69) is 4.98 Å². The Morgan fingerprint density at radius 1 is 1.04 bits per heavy atom. The molecule has 0 saturated heterocycles. The van der Waals surface area contributed by atoms with Gasteiger partial charge in [-0.2, -0.15) is 0 Å². The molecule has 1 aromatic heterocycles. The van der Waals surface area contributed by atoms with Gasteiger partial charge in [0.2, 0.25) is 10.0 Å². The summed E-state index contributed by atoms with van der Waals surface area (Å²) >= 11 is 0. The lowest BCUT2D eigenvalue weighted by molar-refractivity contribution is -0.384. The van der Waals surface area contributed by atoms with Gasteiger partial charge in [0.1, 0.15) is 5.69 Å². The van der Waals surface area contributed by atoms with Crippen LogP contribution in [-0.4, -0.2) is 18.3 Å². The normalized spacial score (nSPS) is 11.4. The average molecular weight is 359 g/mol. The van der Waals surface area contributed by atoms with Crippen LogP contribution in [0.5, 0.6) is 0 Å². The van der Waals surface area contributed by atoms with Crippen molar-refractivity contribution in [3.8, 4) is 22.6 Å². The van der Waals surface area contributed by atoms with Gasteiger partial charge in [-0.25, -0.2) is 18.5 Å². The monoisotopic (exact) mass is 359 g/mol. The summed E-state index contributed by atoms with van der Waals surface area (Å²) in [5.41, 5.74) is 1.74. The lowest BCUT2D eigenvalue weighted by Gasteiger charge is -2.03. The third kappa shape index (κ3) is 3.42. The van der Waals surface area contributed by atoms with Crippen LogP contribution in [0.2, 0.25) is 0 Å². The number of aryl methyl sites for hydroxylation is 1. The minimum atomic E-state index is -3.78. The third-order valence-corrected chi connectivity index (χ3v) is 4.46. The fraction of sp³-hybridized carbons (Fsp3) is 0.0625. The molecule has 0 amide bonds. The van der Waals surface area contributed by atoms with Crippen molar-refractivity contribution in [2.75, 3.05) is 0 Å². The Balaban J connectivity index is 2.05. The zero-order valence-corrected chi connectivity index (χ0v) is 13.9. The Bertz CT molecular complexity index is 1040. The molecule has 0 aliphatic carbocycles. The summed E-state index contributed by atoms with van der Waals surface area (Å²) in [6.45, 7) is 1.68. The minimum absolute atomic E-state index is 0.00984. The number of non-ortho nitro benzene ring substituents is 1. The summed E-state index contributed by atoms with van der Waals surface area (Å²) in [6, 6.07) is 11.8. The van der Waals surface area contributed by atoms with E-state index < -0.39 is 14.9 Å². The first-order chi connectivity index (χ1) is 11.8. The molecule has 0 spiro atoms.